The first-order chi connectivity index (χ1) is 13.2. The number of esters is 1. The van der Waals surface area contributed by atoms with E-state index < -0.39 is 0 Å². The van der Waals surface area contributed by atoms with Gasteiger partial charge in [0.1, 0.15) is 5.75 Å². The van der Waals surface area contributed by atoms with E-state index in [9.17, 15) is 4.79 Å². The second-order valence-corrected chi connectivity index (χ2v) is 7.97. The van der Waals surface area contributed by atoms with Gasteiger partial charge in [-0.3, -0.25) is 4.79 Å². The molecule has 0 amide bonds. The molecule has 0 spiro atoms. The summed E-state index contributed by atoms with van der Waals surface area (Å²) < 4.78 is 11.5. The average molecular weight is 363 g/mol. The SMILES string of the molecule is CC(=O)Oc1ccc(C2Nc3c(C4CC4)cccc3C3OCCCC23)cc1. The highest BCUT2D eigenvalue weighted by molar-refractivity contribution is 5.69. The summed E-state index contributed by atoms with van der Waals surface area (Å²) >= 11 is 0. The van der Waals surface area contributed by atoms with Gasteiger partial charge >= 0.3 is 5.97 Å². The second kappa shape index (κ2) is 6.68. The van der Waals surface area contributed by atoms with Gasteiger partial charge in [-0.2, -0.15) is 0 Å². The van der Waals surface area contributed by atoms with E-state index in [1.807, 2.05) is 12.1 Å². The van der Waals surface area contributed by atoms with Gasteiger partial charge in [-0.05, 0) is 54.9 Å². The van der Waals surface area contributed by atoms with Gasteiger partial charge in [-0.15, -0.1) is 0 Å². The van der Waals surface area contributed by atoms with Crippen LogP contribution in [-0.2, 0) is 9.53 Å². The number of benzene rings is 2. The Morgan fingerprint density at radius 1 is 1.07 bits per heavy atom. The molecule has 5 rings (SSSR count). The third-order valence-corrected chi connectivity index (χ3v) is 6.05. The second-order valence-electron chi connectivity index (χ2n) is 7.97. The Bertz CT molecular complexity index is 856. The molecule has 1 aliphatic carbocycles. The highest BCUT2D eigenvalue weighted by Crippen LogP contribution is 2.53. The van der Waals surface area contributed by atoms with Crippen molar-refractivity contribution >= 4 is 11.7 Å². The molecule has 1 saturated carbocycles. The molecule has 27 heavy (non-hydrogen) atoms. The van der Waals surface area contributed by atoms with E-state index in [0.29, 0.717) is 17.6 Å². The number of para-hydroxylation sites is 1. The van der Waals surface area contributed by atoms with Crippen LogP contribution < -0.4 is 10.1 Å². The van der Waals surface area contributed by atoms with Gasteiger partial charge in [0.25, 0.3) is 0 Å². The summed E-state index contributed by atoms with van der Waals surface area (Å²) in [6, 6.07) is 14.8. The first-order valence-corrected chi connectivity index (χ1v) is 10.00. The van der Waals surface area contributed by atoms with E-state index in [1.54, 1.807) is 0 Å². The van der Waals surface area contributed by atoms with Crippen molar-refractivity contribution in [3.05, 3.63) is 59.2 Å². The fourth-order valence-electron chi connectivity index (χ4n) is 4.70. The number of hydrogen-bond acceptors (Lipinski definition) is 4. The lowest BCUT2D eigenvalue weighted by Crippen LogP contribution is -2.36. The van der Waals surface area contributed by atoms with Crippen LogP contribution in [0.3, 0.4) is 0 Å². The summed E-state index contributed by atoms with van der Waals surface area (Å²) in [4.78, 5) is 11.2. The molecule has 4 nitrogen and oxygen atoms in total. The number of carbonyl (C=O) groups is 1. The molecule has 0 radical (unpaired) electrons. The summed E-state index contributed by atoms with van der Waals surface area (Å²) in [5.41, 5.74) is 5.29. The molecule has 0 aromatic heterocycles. The summed E-state index contributed by atoms with van der Waals surface area (Å²) in [6.45, 7) is 2.27. The quantitative estimate of drug-likeness (QED) is 0.607. The van der Waals surface area contributed by atoms with Gasteiger partial charge in [-0.1, -0.05) is 30.3 Å². The minimum atomic E-state index is -0.290. The molecule has 0 bridgehead atoms. The maximum atomic E-state index is 11.2. The van der Waals surface area contributed by atoms with Crippen molar-refractivity contribution in [1.82, 2.24) is 0 Å². The number of fused-ring (bicyclic) bond motifs is 3. The average Bonchev–Trinajstić information content (AvgIpc) is 3.52. The lowest BCUT2D eigenvalue weighted by molar-refractivity contribution is -0.131. The summed E-state index contributed by atoms with van der Waals surface area (Å²) in [5, 5.41) is 3.87. The predicted molar refractivity (Wildman–Crippen MR) is 104 cm³/mol. The molecule has 2 aromatic rings. The molecule has 1 N–H and O–H groups in total. The molecule has 2 aromatic carbocycles. The predicted octanol–water partition coefficient (Wildman–Crippen LogP) is 5.12. The van der Waals surface area contributed by atoms with Crippen LogP contribution >= 0.6 is 0 Å². The zero-order valence-electron chi connectivity index (χ0n) is 15.6. The highest BCUT2D eigenvalue weighted by atomic mass is 16.5. The first-order valence-electron chi connectivity index (χ1n) is 10.00. The number of hydrogen-bond donors (Lipinski definition) is 1. The molecule has 1 saturated heterocycles. The largest absolute Gasteiger partial charge is 0.427 e. The Morgan fingerprint density at radius 2 is 1.85 bits per heavy atom. The lowest BCUT2D eigenvalue weighted by Gasteiger charge is -2.44. The zero-order valence-corrected chi connectivity index (χ0v) is 15.6. The van der Waals surface area contributed by atoms with E-state index in [4.69, 9.17) is 9.47 Å². The van der Waals surface area contributed by atoms with Gasteiger partial charge < -0.3 is 14.8 Å². The van der Waals surface area contributed by atoms with Crippen LogP contribution in [0, 0.1) is 5.92 Å². The minimum absolute atomic E-state index is 0.159. The van der Waals surface area contributed by atoms with E-state index in [1.165, 1.54) is 42.1 Å². The summed E-state index contributed by atoms with van der Waals surface area (Å²) in [5.74, 6) is 1.42. The van der Waals surface area contributed by atoms with Crippen LogP contribution in [0.5, 0.6) is 5.75 Å². The van der Waals surface area contributed by atoms with Crippen molar-refractivity contribution < 1.29 is 14.3 Å². The molecule has 3 unspecified atom stereocenters. The smallest absolute Gasteiger partial charge is 0.308 e. The Hall–Kier alpha value is -2.33. The van der Waals surface area contributed by atoms with Gasteiger partial charge in [0, 0.05) is 30.7 Å². The minimum Gasteiger partial charge on any atom is -0.427 e. The standard InChI is InChI=1S/C23H25NO3/c1-14(25)27-17-11-9-16(10-12-17)21-19-6-3-13-26-23(19)20-5-2-4-18(15-7-8-15)22(20)24-21/h2,4-5,9-12,15,19,21,23-24H,3,6-8,13H2,1H3. The van der Waals surface area contributed by atoms with Gasteiger partial charge in [0.05, 0.1) is 12.1 Å². The van der Waals surface area contributed by atoms with Crippen molar-refractivity contribution in [1.29, 1.82) is 0 Å². The van der Waals surface area contributed by atoms with Crippen LogP contribution in [0.15, 0.2) is 42.5 Å². The Kier molecular flexibility index (Phi) is 4.16. The van der Waals surface area contributed by atoms with E-state index in [0.717, 1.165) is 19.4 Å². The van der Waals surface area contributed by atoms with Crippen LogP contribution in [0.25, 0.3) is 0 Å². The van der Waals surface area contributed by atoms with Gasteiger partial charge in [-0.25, -0.2) is 0 Å². The molecule has 2 aliphatic heterocycles. The van der Waals surface area contributed by atoms with Gasteiger partial charge in [0.2, 0.25) is 0 Å². The van der Waals surface area contributed by atoms with E-state index in [-0.39, 0.29) is 18.1 Å². The third kappa shape index (κ3) is 3.12. The third-order valence-electron chi connectivity index (χ3n) is 6.05. The van der Waals surface area contributed by atoms with Crippen molar-refractivity contribution in [2.24, 2.45) is 5.92 Å². The molecule has 140 valence electrons. The van der Waals surface area contributed by atoms with E-state index >= 15 is 0 Å². The van der Waals surface area contributed by atoms with Crippen molar-refractivity contribution in [2.75, 3.05) is 11.9 Å². The van der Waals surface area contributed by atoms with Crippen molar-refractivity contribution in [3.8, 4) is 5.75 Å². The number of nitrogens with one attached hydrogen (secondary N) is 1. The van der Waals surface area contributed by atoms with E-state index in [2.05, 4.69) is 35.6 Å². The molecule has 2 fully saturated rings. The topological polar surface area (TPSA) is 47.6 Å². The molecule has 4 heteroatoms. The number of anilines is 1. The highest BCUT2D eigenvalue weighted by Gasteiger charge is 2.41. The van der Waals surface area contributed by atoms with Gasteiger partial charge in [0.15, 0.2) is 0 Å². The van der Waals surface area contributed by atoms with Crippen LogP contribution in [0.4, 0.5) is 5.69 Å². The Balaban J connectivity index is 1.52. The van der Waals surface area contributed by atoms with Crippen LogP contribution in [0.2, 0.25) is 0 Å². The number of rotatable bonds is 3. The number of ether oxygens (including phenoxy) is 2. The molecule has 3 atom stereocenters. The van der Waals surface area contributed by atoms with Crippen molar-refractivity contribution in [2.45, 2.75) is 50.7 Å². The zero-order chi connectivity index (χ0) is 18.4. The molecular formula is C23H25NO3. The fraction of sp³-hybridized carbons (Fsp3) is 0.435. The molecule has 3 aliphatic rings. The normalized spacial score (nSPS) is 26.5. The first kappa shape index (κ1) is 16.8. The maximum absolute atomic E-state index is 11.2. The molecule has 2 heterocycles. The Morgan fingerprint density at radius 3 is 2.59 bits per heavy atom. The summed E-state index contributed by atoms with van der Waals surface area (Å²) in [6.07, 6.45) is 4.99. The number of carbonyl (C=O) groups excluding carboxylic acids is 1. The van der Waals surface area contributed by atoms with Crippen LogP contribution in [-0.4, -0.2) is 12.6 Å². The molecular weight excluding hydrogens is 338 g/mol. The van der Waals surface area contributed by atoms with Crippen molar-refractivity contribution in [3.63, 3.8) is 0 Å². The summed E-state index contributed by atoms with van der Waals surface area (Å²) in [7, 11) is 0. The fourth-order valence-corrected chi connectivity index (χ4v) is 4.70. The lowest BCUT2D eigenvalue weighted by atomic mass is 9.76. The monoisotopic (exact) mass is 363 g/mol. The Labute approximate surface area is 159 Å². The maximum Gasteiger partial charge on any atom is 0.308 e. The van der Waals surface area contributed by atoms with Crippen LogP contribution in [0.1, 0.15) is 67.4 Å².